The predicted octanol–water partition coefficient (Wildman–Crippen LogP) is 2.52. The van der Waals surface area contributed by atoms with E-state index in [1.807, 2.05) is 6.92 Å². The highest BCUT2D eigenvalue weighted by Crippen LogP contribution is 2.15. The standard InChI is InChI=1S/C17H20N2O5/c1-4-9-19(10-15-18-14(11-24-15)17(21)23-3)16(20)12-5-7-13(22-2)8-6-12/h5-8,11H,4,9-10H2,1-3H3. The predicted molar refractivity (Wildman–Crippen MR) is 85.9 cm³/mol. The molecule has 0 unspecified atom stereocenters. The molecule has 0 bridgehead atoms. The van der Waals surface area contributed by atoms with Crippen LogP contribution in [0.1, 0.15) is 40.1 Å². The van der Waals surface area contributed by atoms with E-state index in [1.54, 1.807) is 36.3 Å². The van der Waals surface area contributed by atoms with E-state index in [1.165, 1.54) is 13.4 Å². The number of nitrogens with zero attached hydrogens (tertiary/aromatic N) is 2. The number of oxazole rings is 1. The van der Waals surface area contributed by atoms with Gasteiger partial charge in [-0.3, -0.25) is 4.79 Å². The van der Waals surface area contributed by atoms with Crippen molar-refractivity contribution in [1.29, 1.82) is 0 Å². The van der Waals surface area contributed by atoms with Crippen LogP contribution in [0.2, 0.25) is 0 Å². The quantitative estimate of drug-likeness (QED) is 0.725. The molecule has 24 heavy (non-hydrogen) atoms. The molecular weight excluding hydrogens is 312 g/mol. The monoisotopic (exact) mass is 332 g/mol. The summed E-state index contributed by atoms with van der Waals surface area (Å²) in [4.78, 5) is 29.7. The fourth-order valence-electron chi connectivity index (χ4n) is 2.18. The van der Waals surface area contributed by atoms with Gasteiger partial charge in [0.2, 0.25) is 5.89 Å². The number of aromatic nitrogens is 1. The van der Waals surface area contributed by atoms with Gasteiger partial charge < -0.3 is 18.8 Å². The molecule has 0 atom stereocenters. The van der Waals surface area contributed by atoms with Crippen molar-refractivity contribution in [2.75, 3.05) is 20.8 Å². The lowest BCUT2D eigenvalue weighted by molar-refractivity contribution is 0.0594. The van der Waals surface area contributed by atoms with Gasteiger partial charge in [-0.05, 0) is 30.7 Å². The maximum atomic E-state index is 12.7. The Kier molecular flexibility index (Phi) is 5.95. The van der Waals surface area contributed by atoms with Gasteiger partial charge in [0.05, 0.1) is 20.8 Å². The Morgan fingerprint density at radius 3 is 2.50 bits per heavy atom. The summed E-state index contributed by atoms with van der Waals surface area (Å²) in [5.41, 5.74) is 0.629. The van der Waals surface area contributed by atoms with Crippen molar-refractivity contribution >= 4 is 11.9 Å². The number of esters is 1. The summed E-state index contributed by atoms with van der Waals surface area (Å²) in [6, 6.07) is 6.88. The third kappa shape index (κ3) is 4.13. The molecule has 7 nitrogen and oxygen atoms in total. The summed E-state index contributed by atoms with van der Waals surface area (Å²) in [5.74, 6) is 0.251. The van der Waals surface area contributed by atoms with Crippen LogP contribution in [-0.2, 0) is 11.3 Å². The van der Waals surface area contributed by atoms with Crippen LogP contribution in [0.4, 0.5) is 0 Å². The van der Waals surface area contributed by atoms with Crippen molar-refractivity contribution in [2.45, 2.75) is 19.9 Å². The zero-order valence-electron chi connectivity index (χ0n) is 13.9. The van der Waals surface area contributed by atoms with Gasteiger partial charge >= 0.3 is 5.97 Å². The molecule has 1 aromatic heterocycles. The van der Waals surface area contributed by atoms with Gasteiger partial charge in [-0.2, -0.15) is 0 Å². The van der Waals surface area contributed by atoms with Crippen molar-refractivity contribution in [2.24, 2.45) is 0 Å². The number of hydrogen-bond acceptors (Lipinski definition) is 6. The first-order chi connectivity index (χ1) is 11.6. The first-order valence-corrected chi connectivity index (χ1v) is 7.55. The number of carbonyl (C=O) groups is 2. The first kappa shape index (κ1) is 17.5. The van der Waals surface area contributed by atoms with Gasteiger partial charge in [-0.25, -0.2) is 9.78 Å². The summed E-state index contributed by atoms with van der Waals surface area (Å²) >= 11 is 0. The minimum atomic E-state index is -0.575. The summed E-state index contributed by atoms with van der Waals surface area (Å²) < 4.78 is 14.9. The van der Waals surface area contributed by atoms with Crippen molar-refractivity contribution in [3.63, 3.8) is 0 Å². The SMILES string of the molecule is CCCN(Cc1nc(C(=O)OC)co1)C(=O)c1ccc(OC)cc1. The lowest BCUT2D eigenvalue weighted by atomic mass is 10.2. The van der Waals surface area contributed by atoms with E-state index < -0.39 is 5.97 Å². The highest BCUT2D eigenvalue weighted by atomic mass is 16.5. The molecule has 128 valence electrons. The molecule has 7 heteroatoms. The largest absolute Gasteiger partial charge is 0.497 e. The first-order valence-electron chi connectivity index (χ1n) is 7.55. The topological polar surface area (TPSA) is 81.9 Å². The number of amides is 1. The van der Waals surface area contributed by atoms with Gasteiger partial charge in [0.1, 0.15) is 12.0 Å². The molecule has 1 heterocycles. The molecule has 0 aliphatic carbocycles. The maximum absolute atomic E-state index is 12.7. The van der Waals surface area contributed by atoms with Crippen molar-refractivity contribution in [3.8, 4) is 5.75 Å². The molecule has 2 rings (SSSR count). The average molecular weight is 332 g/mol. The van der Waals surface area contributed by atoms with Gasteiger partial charge in [0.25, 0.3) is 5.91 Å². The van der Waals surface area contributed by atoms with E-state index in [0.717, 1.165) is 6.42 Å². The molecule has 0 aliphatic heterocycles. The Balaban J connectivity index is 2.14. The van der Waals surface area contributed by atoms with Crippen LogP contribution in [0.25, 0.3) is 0 Å². The number of ether oxygens (including phenoxy) is 2. The Hall–Kier alpha value is -2.83. The lowest BCUT2D eigenvalue weighted by Gasteiger charge is -2.20. The molecular formula is C17H20N2O5. The van der Waals surface area contributed by atoms with Crippen LogP contribution in [0.3, 0.4) is 0 Å². The number of hydrogen-bond donors (Lipinski definition) is 0. The van der Waals surface area contributed by atoms with Crippen LogP contribution in [0.15, 0.2) is 34.9 Å². The Morgan fingerprint density at radius 2 is 1.92 bits per heavy atom. The number of benzene rings is 1. The van der Waals surface area contributed by atoms with E-state index in [9.17, 15) is 9.59 Å². The van der Waals surface area contributed by atoms with Crippen molar-refractivity contribution in [3.05, 3.63) is 47.7 Å². The minimum Gasteiger partial charge on any atom is -0.497 e. The number of methoxy groups -OCH3 is 2. The van der Waals surface area contributed by atoms with Gasteiger partial charge in [0.15, 0.2) is 5.69 Å². The fourth-order valence-corrected chi connectivity index (χ4v) is 2.18. The Labute approximate surface area is 140 Å². The molecule has 0 fully saturated rings. The van der Waals surface area contributed by atoms with E-state index >= 15 is 0 Å². The Morgan fingerprint density at radius 1 is 1.21 bits per heavy atom. The van der Waals surface area contributed by atoms with Gasteiger partial charge in [0, 0.05) is 12.1 Å². The van der Waals surface area contributed by atoms with Crippen molar-refractivity contribution < 1.29 is 23.5 Å². The average Bonchev–Trinajstić information content (AvgIpc) is 3.08. The fraction of sp³-hybridized carbons (Fsp3) is 0.353. The van der Waals surface area contributed by atoms with Crippen LogP contribution in [0.5, 0.6) is 5.75 Å². The highest BCUT2D eigenvalue weighted by Gasteiger charge is 2.19. The summed E-state index contributed by atoms with van der Waals surface area (Å²) in [6.07, 6.45) is 2.01. The number of rotatable bonds is 7. The molecule has 2 aromatic rings. The highest BCUT2D eigenvalue weighted by molar-refractivity contribution is 5.94. The second kappa shape index (κ2) is 8.14. The molecule has 0 aliphatic rings. The zero-order valence-corrected chi connectivity index (χ0v) is 13.9. The van der Waals surface area contributed by atoms with E-state index in [2.05, 4.69) is 9.72 Å². The normalized spacial score (nSPS) is 10.3. The van der Waals surface area contributed by atoms with Crippen LogP contribution in [-0.4, -0.2) is 42.5 Å². The molecule has 0 spiro atoms. The smallest absolute Gasteiger partial charge is 0.360 e. The van der Waals surface area contributed by atoms with E-state index in [4.69, 9.17) is 9.15 Å². The Bertz CT molecular complexity index is 693. The summed E-state index contributed by atoms with van der Waals surface area (Å²) in [6.45, 7) is 2.69. The van der Waals surface area contributed by atoms with E-state index in [-0.39, 0.29) is 24.0 Å². The second-order valence-electron chi connectivity index (χ2n) is 5.07. The van der Waals surface area contributed by atoms with Gasteiger partial charge in [-0.15, -0.1) is 0 Å². The maximum Gasteiger partial charge on any atom is 0.360 e. The number of carbonyl (C=O) groups excluding carboxylic acids is 2. The zero-order chi connectivity index (χ0) is 17.5. The van der Waals surface area contributed by atoms with Crippen molar-refractivity contribution in [1.82, 2.24) is 9.88 Å². The molecule has 0 saturated heterocycles. The second-order valence-corrected chi connectivity index (χ2v) is 5.07. The minimum absolute atomic E-state index is 0.0841. The van der Waals surface area contributed by atoms with Crippen LogP contribution < -0.4 is 4.74 Å². The molecule has 0 saturated carbocycles. The van der Waals surface area contributed by atoms with Gasteiger partial charge in [-0.1, -0.05) is 6.92 Å². The molecule has 1 aromatic carbocycles. The summed E-state index contributed by atoms with van der Waals surface area (Å²) in [5, 5.41) is 0. The lowest BCUT2D eigenvalue weighted by Crippen LogP contribution is -2.31. The third-order valence-corrected chi connectivity index (χ3v) is 3.39. The molecule has 0 N–H and O–H groups in total. The van der Waals surface area contributed by atoms with Crippen LogP contribution in [0, 0.1) is 0 Å². The van der Waals surface area contributed by atoms with Crippen LogP contribution >= 0.6 is 0 Å². The molecule has 0 radical (unpaired) electrons. The van der Waals surface area contributed by atoms with E-state index in [0.29, 0.717) is 17.9 Å². The third-order valence-electron chi connectivity index (χ3n) is 3.39. The summed E-state index contributed by atoms with van der Waals surface area (Å²) in [7, 11) is 2.84. The molecule has 1 amide bonds.